The van der Waals surface area contributed by atoms with Crippen molar-refractivity contribution in [3.8, 4) is 11.5 Å². The van der Waals surface area contributed by atoms with Crippen LogP contribution in [0.4, 0.5) is 5.69 Å². The molecule has 0 fully saturated rings. The van der Waals surface area contributed by atoms with Crippen molar-refractivity contribution in [3.63, 3.8) is 0 Å². The van der Waals surface area contributed by atoms with Gasteiger partial charge >= 0.3 is 5.97 Å². The van der Waals surface area contributed by atoms with Gasteiger partial charge in [-0.1, -0.05) is 58.8 Å². The number of unbranched alkanes of at least 4 members (excludes halogenated alkanes) is 6. The Bertz CT molecular complexity index is 818. The molecule has 0 aromatic heterocycles. The van der Waals surface area contributed by atoms with Crippen LogP contribution in [0.25, 0.3) is 0 Å². The Morgan fingerprint density at radius 2 is 1.77 bits per heavy atom. The predicted molar refractivity (Wildman–Crippen MR) is 139 cm³/mol. The Morgan fingerprint density at radius 1 is 1.06 bits per heavy atom. The lowest BCUT2D eigenvalue weighted by molar-refractivity contribution is -0.147. The highest BCUT2D eigenvalue weighted by molar-refractivity contribution is 7.89. The van der Waals surface area contributed by atoms with Crippen LogP contribution in [-0.4, -0.2) is 64.8 Å². The van der Waals surface area contributed by atoms with Gasteiger partial charge in [-0.05, 0) is 25.0 Å². The molecular weight excluding hydrogens is 472 g/mol. The Hall–Kier alpha value is -2.04. The summed E-state index contributed by atoms with van der Waals surface area (Å²) >= 11 is 0. The average Bonchev–Trinajstić information content (AvgIpc) is 2.82. The quantitative estimate of drug-likeness (QED) is 0.164. The third-order valence-electron chi connectivity index (χ3n) is 5.54. The van der Waals surface area contributed by atoms with E-state index < -0.39 is 16.0 Å². The highest BCUT2D eigenvalue weighted by Crippen LogP contribution is 2.28. The second-order valence-electron chi connectivity index (χ2n) is 8.56. The van der Waals surface area contributed by atoms with Gasteiger partial charge in [0.05, 0.1) is 18.0 Å². The molecule has 1 unspecified atom stereocenters. The lowest BCUT2D eigenvalue weighted by Gasteiger charge is -2.18. The average molecular weight is 517 g/mol. The summed E-state index contributed by atoms with van der Waals surface area (Å²) in [5, 5.41) is 12.8. The maximum absolute atomic E-state index is 12.6. The van der Waals surface area contributed by atoms with Crippen molar-refractivity contribution in [2.24, 2.45) is 0 Å². The zero-order valence-corrected chi connectivity index (χ0v) is 22.3. The van der Waals surface area contributed by atoms with Crippen molar-refractivity contribution in [1.29, 1.82) is 0 Å². The zero-order valence-electron chi connectivity index (χ0n) is 21.5. The first-order chi connectivity index (χ1) is 16.8. The third kappa shape index (κ3) is 14.8. The number of hydrogen-bond acceptors (Lipinski definition) is 8. The van der Waals surface area contributed by atoms with Crippen molar-refractivity contribution in [2.45, 2.75) is 77.7 Å². The number of ether oxygens (including phenoxy) is 3. The Labute approximate surface area is 211 Å². The number of carbonyl (C=O) groups is 1. The number of esters is 1. The van der Waals surface area contributed by atoms with Crippen LogP contribution in [0.3, 0.4) is 0 Å². The Kier molecular flexibility index (Phi) is 16.2. The molecule has 1 atom stereocenters. The molecule has 9 nitrogen and oxygen atoms in total. The number of anilines is 1. The fourth-order valence-corrected chi connectivity index (χ4v) is 4.81. The molecule has 1 aromatic rings. The second kappa shape index (κ2) is 18.3. The van der Waals surface area contributed by atoms with Gasteiger partial charge in [-0.15, -0.1) is 0 Å². The van der Waals surface area contributed by atoms with E-state index in [0.717, 1.165) is 25.7 Å². The fraction of sp³-hybridized carbons (Fsp3) is 0.720. The van der Waals surface area contributed by atoms with E-state index >= 15 is 0 Å². The standard InChI is InChI=1S/C25H44N2O7S/c1-4-6-7-8-9-10-11-12-21(5-2)27-35(30,31)18-15-26-23-19-22(28)13-14-24(23)34-20-25(29)33-17-16-32-3/h13-14,19,21,26-28H,4-12,15-18,20H2,1-3H3. The summed E-state index contributed by atoms with van der Waals surface area (Å²) < 4.78 is 43.2. The first-order valence-electron chi connectivity index (χ1n) is 12.7. The molecule has 0 heterocycles. The first-order valence-corrected chi connectivity index (χ1v) is 14.3. The van der Waals surface area contributed by atoms with Crippen LogP contribution < -0.4 is 14.8 Å². The number of sulfonamides is 1. The van der Waals surface area contributed by atoms with Gasteiger partial charge in [0.1, 0.15) is 18.1 Å². The van der Waals surface area contributed by atoms with E-state index in [1.165, 1.54) is 57.4 Å². The Balaban J connectivity index is 2.47. The summed E-state index contributed by atoms with van der Waals surface area (Å²) in [5.41, 5.74) is 0.389. The van der Waals surface area contributed by atoms with Crippen molar-refractivity contribution in [3.05, 3.63) is 18.2 Å². The highest BCUT2D eigenvalue weighted by Gasteiger charge is 2.17. The molecule has 10 heteroatoms. The van der Waals surface area contributed by atoms with Crippen LogP contribution >= 0.6 is 0 Å². The molecule has 0 amide bonds. The molecule has 1 rings (SSSR count). The molecule has 1 aromatic carbocycles. The molecule has 0 spiro atoms. The maximum atomic E-state index is 12.6. The zero-order chi connectivity index (χ0) is 25.9. The van der Waals surface area contributed by atoms with Crippen molar-refractivity contribution >= 4 is 21.7 Å². The van der Waals surface area contributed by atoms with Gasteiger partial charge in [-0.3, -0.25) is 0 Å². The fourth-order valence-electron chi connectivity index (χ4n) is 3.53. The van der Waals surface area contributed by atoms with Crippen LogP contribution in [0.5, 0.6) is 11.5 Å². The van der Waals surface area contributed by atoms with Gasteiger partial charge in [0.25, 0.3) is 0 Å². The number of carbonyl (C=O) groups excluding carboxylic acids is 1. The predicted octanol–water partition coefficient (Wildman–Crippen LogP) is 4.21. The van der Waals surface area contributed by atoms with Gasteiger partial charge in [0.15, 0.2) is 6.61 Å². The Morgan fingerprint density at radius 3 is 2.46 bits per heavy atom. The summed E-state index contributed by atoms with van der Waals surface area (Å²) in [6, 6.07) is 4.27. The second-order valence-corrected chi connectivity index (χ2v) is 10.4. The van der Waals surface area contributed by atoms with Gasteiger partial charge in [0, 0.05) is 25.8 Å². The van der Waals surface area contributed by atoms with Gasteiger partial charge in [0.2, 0.25) is 10.0 Å². The molecule has 0 aliphatic rings. The largest absolute Gasteiger partial charge is 0.508 e. The first kappa shape index (κ1) is 31.0. The summed E-state index contributed by atoms with van der Waals surface area (Å²) in [6.45, 7) is 4.40. The van der Waals surface area contributed by atoms with E-state index in [4.69, 9.17) is 14.2 Å². The van der Waals surface area contributed by atoms with Crippen molar-refractivity contribution in [2.75, 3.05) is 44.5 Å². The van der Waals surface area contributed by atoms with Crippen molar-refractivity contribution < 1.29 is 32.5 Å². The minimum Gasteiger partial charge on any atom is -0.508 e. The molecule has 3 N–H and O–H groups in total. The number of phenols is 1. The minimum absolute atomic E-state index is 0.00996. The molecule has 0 radical (unpaired) electrons. The van der Waals surface area contributed by atoms with Gasteiger partial charge < -0.3 is 24.6 Å². The summed E-state index contributed by atoms with van der Waals surface area (Å²) in [4.78, 5) is 11.7. The van der Waals surface area contributed by atoms with E-state index in [0.29, 0.717) is 11.4 Å². The third-order valence-corrected chi connectivity index (χ3v) is 6.97. The normalized spacial score (nSPS) is 12.3. The lowest BCUT2D eigenvalue weighted by Crippen LogP contribution is -2.37. The van der Waals surface area contributed by atoms with Crippen LogP contribution in [0.2, 0.25) is 0 Å². The molecule has 202 valence electrons. The number of aromatic hydroxyl groups is 1. The molecule has 0 aliphatic heterocycles. The van der Waals surface area contributed by atoms with E-state index in [1.807, 2.05) is 6.92 Å². The minimum atomic E-state index is -3.48. The molecule has 0 saturated heterocycles. The van der Waals surface area contributed by atoms with Crippen molar-refractivity contribution in [1.82, 2.24) is 4.72 Å². The van der Waals surface area contributed by atoms with Gasteiger partial charge in [-0.2, -0.15) is 0 Å². The number of rotatable bonds is 21. The molecular formula is C25H44N2O7S. The van der Waals surface area contributed by atoms with E-state index in [2.05, 4.69) is 17.0 Å². The maximum Gasteiger partial charge on any atom is 0.344 e. The van der Waals surface area contributed by atoms with Crippen LogP contribution in [0, 0.1) is 0 Å². The SMILES string of the molecule is CCCCCCCCCC(CC)NS(=O)(=O)CCNc1cc(O)ccc1OCC(=O)OCCOC. The van der Waals surface area contributed by atoms with Gasteiger partial charge in [-0.25, -0.2) is 17.9 Å². The number of benzene rings is 1. The molecule has 0 saturated carbocycles. The van der Waals surface area contributed by atoms with Crippen LogP contribution in [0.15, 0.2) is 18.2 Å². The topological polar surface area (TPSA) is 123 Å². The number of methoxy groups -OCH3 is 1. The molecule has 35 heavy (non-hydrogen) atoms. The van der Waals surface area contributed by atoms with E-state index in [1.54, 1.807) is 0 Å². The van der Waals surface area contributed by atoms with E-state index in [9.17, 15) is 18.3 Å². The number of nitrogens with one attached hydrogen (secondary N) is 2. The molecule has 0 bridgehead atoms. The smallest absolute Gasteiger partial charge is 0.344 e. The summed E-state index contributed by atoms with van der Waals surface area (Å²) in [7, 11) is -1.97. The lowest BCUT2D eigenvalue weighted by atomic mass is 10.0. The van der Waals surface area contributed by atoms with Crippen LogP contribution in [0.1, 0.15) is 71.6 Å². The number of hydrogen-bond donors (Lipinski definition) is 3. The van der Waals surface area contributed by atoms with Crippen LogP contribution in [-0.2, 0) is 24.3 Å². The summed E-state index contributed by atoms with van der Waals surface area (Å²) in [5.74, 6) is -0.389. The highest BCUT2D eigenvalue weighted by atomic mass is 32.2. The summed E-state index contributed by atoms with van der Waals surface area (Å²) in [6.07, 6.45) is 9.96. The number of phenolic OH excluding ortho intramolecular Hbond substituents is 1. The van der Waals surface area contributed by atoms with E-state index in [-0.39, 0.29) is 43.9 Å². The molecule has 0 aliphatic carbocycles. The monoisotopic (exact) mass is 516 g/mol.